The molecule has 0 saturated heterocycles. The zero-order valence-electron chi connectivity index (χ0n) is 12.6. The number of likely N-dealkylation sites (N-methyl/N-ethyl adjacent to an activating group) is 1. The van der Waals surface area contributed by atoms with Crippen LogP contribution in [0.2, 0.25) is 0 Å². The zero-order chi connectivity index (χ0) is 15.4. The van der Waals surface area contributed by atoms with Gasteiger partial charge in [-0.05, 0) is 31.7 Å². The Morgan fingerprint density at radius 2 is 2.24 bits per heavy atom. The molecule has 2 rings (SSSR count). The van der Waals surface area contributed by atoms with Gasteiger partial charge in [0.2, 0.25) is 5.91 Å². The molecule has 0 fully saturated rings. The standard InChI is InChI=1S/C15H21N5O/c1-11-4-5-13(6-14(11)16)18-15(21)10-19(2)8-12-7-17-20(3)9-12/h4-7,9H,8,10,16H2,1-3H3,(H,18,21). The maximum absolute atomic E-state index is 12.0. The third-order valence-electron chi connectivity index (χ3n) is 3.19. The molecule has 6 heteroatoms. The first-order chi connectivity index (χ1) is 9.94. The first-order valence-corrected chi connectivity index (χ1v) is 6.76. The van der Waals surface area contributed by atoms with E-state index in [4.69, 9.17) is 5.73 Å². The van der Waals surface area contributed by atoms with Crippen molar-refractivity contribution in [3.05, 3.63) is 41.7 Å². The summed E-state index contributed by atoms with van der Waals surface area (Å²) in [5.74, 6) is -0.0651. The molecule has 0 radical (unpaired) electrons. The summed E-state index contributed by atoms with van der Waals surface area (Å²) in [6, 6.07) is 5.52. The van der Waals surface area contributed by atoms with Gasteiger partial charge in [-0.3, -0.25) is 14.4 Å². The van der Waals surface area contributed by atoms with Crippen molar-refractivity contribution in [3.8, 4) is 0 Å². The van der Waals surface area contributed by atoms with Crippen LogP contribution in [-0.2, 0) is 18.4 Å². The van der Waals surface area contributed by atoms with Crippen LogP contribution >= 0.6 is 0 Å². The van der Waals surface area contributed by atoms with Crippen molar-refractivity contribution in [1.82, 2.24) is 14.7 Å². The molecule has 21 heavy (non-hydrogen) atoms. The minimum Gasteiger partial charge on any atom is -0.398 e. The first-order valence-electron chi connectivity index (χ1n) is 6.76. The van der Waals surface area contributed by atoms with Gasteiger partial charge in [0.25, 0.3) is 0 Å². The lowest BCUT2D eigenvalue weighted by atomic mass is 10.2. The quantitative estimate of drug-likeness (QED) is 0.815. The minimum absolute atomic E-state index is 0.0651. The Morgan fingerprint density at radius 1 is 1.48 bits per heavy atom. The van der Waals surface area contributed by atoms with Crippen molar-refractivity contribution in [2.75, 3.05) is 24.6 Å². The number of aromatic nitrogens is 2. The fraction of sp³-hybridized carbons (Fsp3) is 0.333. The molecule has 2 aromatic rings. The number of hydrogen-bond donors (Lipinski definition) is 2. The van der Waals surface area contributed by atoms with Crippen LogP contribution in [0.1, 0.15) is 11.1 Å². The average molecular weight is 287 g/mol. The molecule has 0 atom stereocenters. The van der Waals surface area contributed by atoms with Crippen LogP contribution in [0, 0.1) is 6.92 Å². The number of nitrogen functional groups attached to an aromatic ring is 1. The molecule has 6 nitrogen and oxygen atoms in total. The summed E-state index contributed by atoms with van der Waals surface area (Å²) in [5.41, 5.74) is 9.31. The SMILES string of the molecule is Cc1ccc(NC(=O)CN(C)Cc2cnn(C)c2)cc1N. The van der Waals surface area contributed by atoms with E-state index in [1.54, 1.807) is 16.9 Å². The Balaban J connectivity index is 1.87. The number of anilines is 2. The van der Waals surface area contributed by atoms with Crippen molar-refractivity contribution >= 4 is 17.3 Å². The highest BCUT2D eigenvalue weighted by atomic mass is 16.2. The average Bonchev–Trinajstić information content (AvgIpc) is 2.79. The molecule has 0 bridgehead atoms. The Kier molecular flexibility index (Phi) is 4.59. The molecule has 1 aromatic heterocycles. The number of amides is 1. The lowest BCUT2D eigenvalue weighted by Gasteiger charge is -2.15. The van der Waals surface area contributed by atoms with Crippen LogP contribution in [0.25, 0.3) is 0 Å². The highest BCUT2D eigenvalue weighted by Crippen LogP contribution is 2.16. The van der Waals surface area contributed by atoms with Crippen molar-refractivity contribution in [2.24, 2.45) is 7.05 Å². The molecule has 1 heterocycles. The fourth-order valence-corrected chi connectivity index (χ4v) is 2.09. The van der Waals surface area contributed by atoms with E-state index in [0.29, 0.717) is 18.8 Å². The van der Waals surface area contributed by atoms with E-state index in [9.17, 15) is 4.79 Å². The summed E-state index contributed by atoms with van der Waals surface area (Å²) < 4.78 is 1.75. The minimum atomic E-state index is -0.0651. The van der Waals surface area contributed by atoms with Gasteiger partial charge < -0.3 is 11.1 Å². The zero-order valence-corrected chi connectivity index (χ0v) is 12.6. The number of aryl methyl sites for hydroxylation is 2. The number of benzene rings is 1. The molecular weight excluding hydrogens is 266 g/mol. The van der Waals surface area contributed by atoms with Crippen molar-refractivity contribution in [2.45, 2.75) is 13.5 Å². The number of rotatable bonds is 5. The smallest absolute Gasteiger partial charge is 0.238 e. The van der Waals surface area contributed by atoms with E-state index < -0.39 is 0 Å². The highest BCUT2D eigenvalue weighted by molar-refractivity contribution is 5.92. The van der Waals surface area contributed by atoms with E-state index in [0.717, 1.165) is 16.8 Å². The van der Waals surface area contributed by atoms with E-state index >= 15 is 0 Å². The predicted octanol–water partition coefficient (Wildman–Crippen LogP) is 1.38. The number of nitrogens with one attached hydrogen (secondary N) is 1. The normalized spacial score (nSPS) is 10.9. The topological polar surface area (TPSA) is 76.2 Å². The van der Waals surface area contributed by atoms with Gasteiger partial charge in [-0.25, -0.2) is 0 Å². The van der Waals surface area contributed by atoms with Gasteiger partial charge in [0.15, 0.2) is 0 Å². The highest BCUT2D eigenvalue weighted by Gasteiger charge is 2.09. The molecule has 1 amide bonds. The molecule has 112 valence electrons. The molecule has 0 spiro atoms. The van der Waals surface area contributed by atoms with Gasteiger partial charge in [-0.15, -0.1) is 0 Å². The maximum Gasteiger partial charge on any atom is 0.238 e. The van der Waals surface area contributed by atoms with Crippen LogP contribution < -0.4 is 11.1 Å². The molecular formula is C15H21N5O. The largest absolute Gasteiger partial charge is 0.398 e. The van der Waals surface area contributed by atoms with Gasteiger partial charge in [0.05, 0.1) is 12.7 Å². The Labute approximate surface area is 124 Å². The molecule has 0 saturated carbocycles. The number of nitrogens with two attached hydrogens (primary N) is 1. The van der Waals surface area contributed by atoms with Gasteiger partial charge >= 0.3 is 0 Å². The van der Waals surface area contributed by atoms with Crippen LogP contribution in [0.3, 0.4) is 0 Å². The summed E-state index contributed by atoms with van der Waals surface area (Å²) in [5, 5.41) is 6.96. The number of hydrogen-bond acceptors (Lipinski definition) is 4. The summed E-state index contributed by atoms with van der Waals surface area (Å²) in [6.45, 7) is 2.92. The van der Waals surface area contributed by atoms with Crippen LogP contribution in [0.15, 0.2) is 30.6 Å². The number of carbonyl (C=O) groups excluding carboxylic acids is 1. The lowest BCUT2D eigenvalue weighted by molar-refractivity contribution is -0.117. The first kappa shape index (κ1) is 15.1. The molecule has 0 aliphatic heterocycles. The van der Waals surface area contributed by atoms with Gasteiger partial charge in [0.1, 0.15) is 0 Å². The lowest BCUT2D eigenvalue weighted by Crippen LogP contribution is -2.29. The summed E-state index contributed by atoms with van der Waals surface area (Å²) in [6.07, 6.45) is 3.74. The molecule has 0 aliphatic rings. The van der Waals surface area contributed by atoms with Crippen LogP contribution in [0.4, 0.5) is 11.4 Å². The maximum atomic E-state index is 12.0. The van der Waals surface area contributed by atoms with E-state index in [2.05, 4.69) is 10.4 Å². The van der Waals surface area contributed by atoms with Crippen molar-refractivity contribution < 1.29 is 4.79 Å². The summed E-state index contributed by atoms with van der Waals surface area (Å²) in [4.78, 5) is 13.9. The summed E-state index contributed by atoms with van der Waals surface area (Å²) >= 11 is 0. The van der Waals surface area contributed by atoms with Gasteiger partial charge in [-0.2, -0.15) is 5.10 Å². The second-order valence-corrected chi connectivity index (χ2v) is 5.31. The Morgan fingerprint density at radius 3 is 2.86 bits per heavy atom. The van der Waals surface area contributed by atoms with Gasteiger partial charge in [0, 0.05) is 36.7 Å². The molecule has 0 unspecified atom stereocenters. The molecule has 1 aromatic carbocycles. The third kappa shape index (κ3) is 4.32. The fourth-order valence-electron chi connectivity index (χ4n) is 2.09. The van der Waals surface area contributed by atoms with E-state index in [1.165, 1.54) is 0 Å². The monoisotopic (exact) mass is 287 g/mol. The predicted molar refractivity (Wildman–Crippen MR) is 83.8 cm³/mol. The van der Waals surface area contributed by atoms with Crippen molar-refractivity contribution in [3.63, 3.8) is 0 Å². The summed E-state index contributed by atoms with van der Waals surface area (Å²) in [7, 11) is 3.77. The number of nitrogens with zero attached hydrogens (tertiary/aromatic N) is 3. The Bertz CT molecular complexity index is 635. The molecule has 3 N–H and O–H groups in total. The van der Waals surface area contributed by atoms with Crippen LogP contribution in [0.5, 0.6) is 0 Å². The molecule has 0 aliphatic carbocycles. The second kappa shape index (κ2) is 6.41. The van der Waals surface area contributed by atoms with Crippen LogP contribution in [-0.4, -0.2) is 34.2 Å². The number of carbonyl (C=O) groups is 1. The Hall–Kier alpha value is -2.34. The van der Waals surface area contributed by atoms with E-state index in [-0.39, 0.29) is 5.91 Å². The van der Waals surface area contributed by atoms with E-state index in [1.807, 2.05) is 44.2 Å². The third-order valence-corrected chi connectivity index (χ3v) is 3.19. The van der Waals surface area contributed by atoms with Gasteiger partial charge in [-0.1, -0.05) is 6.07 Å². The second-order valence-electron chi connectivity index (χ2n) is 5.31. The van der Waals surface area contributed by atoms with Crippen molar-refractivity contribution in [1.29, 1.82) is 0 Å².